The molecule has 0 saturated heterocycles. The predicted octanol–water partition coefficient (Wildman–Crippen LogP) is 2.38. The van der Waals surface area contributed by atoms with Gasteiger partial charge in [0.2, 0.25) is 17.7 Å². The van der Waals surface area contributed by atoms with Crippen molar-refractivity contribution < 1.29 is 40.7 Å². The second kappa shape index (κ2) is 4.90. The number of hydrogen-bond acceptors (Lipinski definition) is 4. The number of rotatable bonds is 3. The molecule has 1 aromatic rings. The van der Waals surface area contributed by atoms with Crippen molar-refractivity contribution in [3.8, 4) is 0 Å². The van der Waals surface area contributed by atoms with Crippen molar-refractivity contribution in [2.24, 2.45) is 0 Å². The number of hydrogen-bond donors (Lipinski definition) is 1. The van der Waals surface area contributed by atoms with Crippen LogP contribution in [0.1, 0.15) is 17.7 Å². The largest absolute Gasteiger partial charge is 0.478 e. The monoisotopic (exact) mass is 290 g/mol. The number of halogens is 6. The Morgan fingerprint density at radius 3 is 2.11 bits per heavy atom. The van der Waals surface area contributed by atoms with E-state index in [1.165, 1.54) is 0 Å². The molecule has 0 aliphatic heterocycles. The molecule has 0 aliphatic carbocycles. The summed E-state index contributed by atoms with van der Waals surface area (Å²) in [5, 5.41) is 13.7. The molecule has 0 unspecified atom stereocenters. The molecule has 11 heteroatoms. The number of carboxylic acid groups (broad SMARTS) is 1. The van der Waals surface area contributed by atoms with Crippen LogP contribution in [0.15, 0.2) is 10.5 Å². The summed E-state index contributed by atoms with van der Waals surface area (Å²) in [6.45, 7) is 0. The number of alkyl halides is 6. The zero-order valence-electron chi connectivity index (χ0n) is 8.66. The quantitative estimate of drug-likeness (QED) is 0.683. The topological polar surface area (TPSA) is 76.2 Å². The second-order valence-electron chi connectivity index (χ2n) is 3.17. The van der Waals surface area contributed by atoms with E-state index in [0.717, 1.165) is 0 Å². The number of aliphatic carboxylic acids is 1. The van der Waals surface area contributed by atoms with Crippen LogP contribution in [0.5, 0.6) is 0 Å². The number of nitrogens with zero attached hydrogens (tertiary/aromatic N) is 2. The van der Waals surface area contributed by atoms with Crippen LogP contribution in [-0.4, -0.2) is 33.6 Å². The summed E-state index contributed by atoms with van der Waals surface area (Å²) in [6.07, 6.45) is -10.3. The van der Waals surface area contributed by atoms with Crippen LogP contribution in [0.4, 0.5) is 26.3 Å². The van der Waals surface area contributed by atoms with Gasteiger partial charge in [0, 0.05) is 12.2 Å². The molecular weight excluding hydrogens is 286 g/mol. The maximum Gasteiger partial charge on any atom is 0.409 e. The van der Waals surface area contributed by atoms with Gasteiger partial charge >= 0.3 is 18.3 Å². The van der Waals surface area contributed by atoms with E-state index < -0.39 is 36.0 Å². The zero-order chi connectivity index (χ0) is 14.8. The normalized spacial score (nSPS) is 13.4. The Bertz CT molecular complexity index is 475. The summed E-state index contributed by atoms with van der Waals surface area (Å²) in [7, 11) is 0. The van der Waals surface area contributed by atoms with Gasteiger partial charge in [0.05, 0.1) is 0 Å². The van der Waals surface area contributed by atoms with Crippen LogP contribution in [0.2, 0.25) is 0 Å². The molecule has 0 fully saturated rings. The molecule has 0 amide bonds. The van der Waals surface area contributed by atoms with E-state index in [2.05, 4.69) is 14.6 Å². The lowest BCUT2D eigenvalue weighted by Gasteiger charge is -2.19. The Labute approximate surface area is 100 Å². The Kier molecular flexibility index (Phi) is 3.86. The van der Waals surface area contributed by atoms with Crippen molar-refractivity contribution in [1.82, 2.24) is 10.2 Å². The van der Waals surface area contributed by atoms with Crippen LogP contribution in [-0.2, 0) is 4.79 Å². The van der Waals surface area contributed by atoms with Crippen molar-refractivity contribution in [1.29, 1.82) is 0 Å². The van der Waals surface area contributed by atoms with Gasteiger partial charge in [0.1, 0.15) is 0 Å². The Morgan fingerprint density at radius 2 is 1.68 bits per heavy atom. The van der Waals surface area contributed by atoms with Crippen LogP contribution in [0.25, 0.3) is 6.08 Å². The fraction of sp³-hybridized carbons (Fsp3) is 0.375. The maximum absolute atomic E-state index is 12.3. The molecule has 1 rings (SSSR count). The molecular formula is C8H4F6N2O3. The van der Waals surface area contributed by atoms with Gasteiger partial charge in [0.15, 0.2) is 0 Å². The van der Waals surface area contributed by atoms with Crippen molar-refractivity contribution in [2.75, 3.05) is 0 Å². The molecule has 19 heavy (non-hydrogen) atoms. The van der Waals surface area contributed by atoms with E-state index in [-0.39, 0.29) is 0 Å². The molecule has 1 N–H and O–H groups in total. The highest BCUT2D eigenvalue weighted by Crippen LogP contribution is 2.45. The van der Waals surface area contributed by atoms with E-state index in [0.29, 0.717) is 12.2 Å². The number of aromatic nitrogens is 2. The van der Waals surface area contributed by atoms with Gasteiger partial charge < -0.3 is 9.52 Å². The van der Waals surface area contributed by atoms with Crippen LogP contribution < -0.4 is 0 Å². The maximum atomic E-state index is 12.3. The molecule has 0 spiro atoms. The third-order valence-corrected chi connectivity index (χ3v) is 1.73. The fourth-order valence-electron chi connectivity index (χ4n) is 1.04. The Morgan fingerprint density at radius 1 is 1.16 bits per heavy atom. The van der Waals surface area contributed by atoms with Gasteiger partial charge in [-0.25, -0.2) is 4.79 Å². The third kappa shape index (κ3) is 3.96. The minimum atomic E-state index is -5.65. The molecule has 0 atom stereocenters. The first-order chi connectivity index (χ1) is 8.51. The highest BCUT2D eigenvalue weighted by molar-refractivity contribution is 5.84. The lowest BCUT2D eigenvalue weighted by atomic mass is 10.1. The van der Waals surface area contributed by atoms with Gasteiger partial charge in [-0.3, -0.25) is 0 Å². The SMILES string of the molecule is O=C(O)/C=C/c1nnc(C(C(F)(F)F)C(F)(F)F)o1. The summed E-state index contributed by atoms with van der Waals surface area (Å²) in [4.78, 5) is 10.1. The highest BCUT2D eigenvalue weighted by Gasteiger charge is 2.60. The van der Waals surface area contributed by atoms with Crippen LogP contribution in [0, 0.1) is 0 Å². The molecule has 1 aromatic heterocycles. The van der Waals surface area contributed by atoms with Gasteiger partial charge in [-0.05, 0) is 0 Å². The van der Waals surface area contributed by atoms with Crippen molar-refractivity contribution >= 4 is 12.0 Å². The Balaban J connectivity index is 3.10. The molecule has 5 nitrogen and oxygen atoms in total. The smallest absolute Gasteiger partial charge is 0.409 e. The molecule has 0 saturated carbocycles. The number of carbonyl (C=O) groups is 1. The van der Waals surface area contributed by atoms with Gasteiger partial charge in [0.25, 0.3) is 0 Å². The summed E-state index contributed by atoms with van der Waals surface area (Å²) in [5.74, 6) is -7.89. The van der Waals surface area contributed by atoms with E-state index >= 15 is 0 Å². The van der Waals surface area contributed by atoms with Crippen LogP contribution in [0.3, 0.4) is 0 Å². The Hall–Kier alpha value is -2.07. The first-order valence-corrected chi connectivity index (χ1v) is 4.39. The van der Waals surface area contributed by atoms with E-state index in [4.69, 9.17) is 5.11 Å². The van der Waals surface area contributed by atoms with E-state index in [1.54, 1.807) is 0 Å². The molecule has 106 valence electrons. The minimum Gasteiger partial charge on any atom is -0.478 e. The molecule has 0 radical (unpaired) electrons. The second-order valence-corrected chi connectivity index (χ2v) is 3.17. The summed E-state index contributed by atoms with van der Waals surface area (Å²) >= 11 is 0. The first-order valence-electron chi connectivity index (χ1n) is 4.39. The third-order valence-electron chi connectivity index (χ3n) is 1.73. The predicted molar refractivity (Wildman–Crippen MR) is 45.8 cm³/mol. The molecule has 0 aliphatic rings. The van der Waals surface area contributed by atoms with Crippen molar-refractivity contribution in [3.05, 3.63) is 17.9 Å². The lowest BCUT2D eigenvalue weighted by molar-refractivity contribution is -0.258. The molecule has 0 aromatic carbocycles. The summed E-state index contributed by atoms with van der Waals surface area (Å²) in [5.41, 5.74) is 0. The lowest BCUT2D eigenvalue weighted by Crippen LogP contribution is -2.34. The van der Waals surface area contributed by atoms with Gasteiger partial charge in [-0.15, -0.1) is 10.2 Å². The first kappa shape index (κ1) is 15.0. The van der Waals surface area contributed by atoms with Crippen molar-refractivity contribution in [2.45, 2.75) is 18.3 Å². The average Bonchev–Trinajstić information content (AvgIpc) is 2.58. The molecule has 0 bridgehead atoms. The summed E-state index contributed by atoms with van der Waals surface area (Å²) < 4.78 is 77.7. The standard InChI is InChI=1S/C8H4F6N2O3/c9-7(10,11)5(8(12,13)14)6-16-15-3(19-6)1-2-4(17)18/h1-2,5H,(H,17,18)/b2-1+. The van der Waals surface area contributed by atoms with Crippen molar-refractivity contribution in [3.63, 3.8) is 0 Å². The fourth-order valence-corrected chi connectivity index (χ4v) is 1.04. The highest BCUT2D eigenvalue weighted by atomic mass is 19.4. The zero-order valence-corrected chi connectivity index (χ0v) is 8.66. The van der Waals surface area contributed by atoms with Gasteiger partial charge in [-0.2, -0.15) is 26.3 Å². The molecule has 1 heterocycles. The average molecular weight is 290 g/mol. The van der Waals surface area contributed by atoms with Gasteiger partial charge in [-0.1, -0.05) is 0 Å². The van der Waals surface area contributed by atoms with E-state index in [9.17, 15) is 31.1 Å². The minimum absolute atomic E-state index is 0.424. The summed E-state index contributed by atoms with van der Waals surface area (Å²) in [6, 6.07) is 0. The van der Waals surface area contributed by atoms with Crippen LogP contribution >= 0.6 is 0 Å². The van der Waals surface area contributed by atoms with E-state index in [1.807, 2.05) is 0 Å². The number of carboxylic acids is 1.